The quantitative estimate of drug-likeness (QED) is 0.405. The third-order valence-corrected chi connectivity index (χ3v) is 4.41. The van der Waals surface area contributed by atoms with Gasteiger partial charge < -0.3 is 20.2 Å². The lowest BCUT2D eigenvalue weighted by Gasteiger charge is -2.15. The SMILES string of the molecule is CCNC(=NCc1coc(-c2ccc(C)cc2)n1)NCC(O)Cc1ccccc1. The van der Waals surface area contributed by atoms with Gasteiger partial charge in [-0.3, -0.25) is 0 Å². The van der Waals surface area contributed by atoms with Crippen LogP contribution in [0.5, 0.6) is 0 Å². The first-order chi connectivity index (χ1) is 14.1. The number of hydrogen-bond acceptors (Lipinski definition) is 4. The van der Waals surface area contributed by atoms with Crippen molar-refractivity contribution in [3.63, 3.8) is 0 Å². The van der Waals surface area contributed by atoms with Gasteiger partial charge in [-0.15, -0.1) is 0 Å². The lowest BCUT2D eigenvalue weighted by Crippen LogP contribution is -2.41. The summed E-state index contributed by atoms with van der Waals surface area (Å²) in [5.74, 6) is 1.23. The first kappa shape index (κ1) is 20.6. The van der Waals surface area contributed by atoms with Gasteiger partial charge in [0.05, 0.1) is 12.6 Å². The van der Waals surface area contributed by atoms with Gasteiger partial charge in [-0.25, -0.2) is 9.98 Å². The maximum atomic E-state index is 10.3. The Balaban J connectivity index is 1.55. The molecule has 1 heterocycles. The highest BCUT2D eigenvalue weighted by molar-refractivity contribution is 5.79. The zero-order chi connectivity index (χ0) is 20.5. The molecule has 1 aromatic heterocycles. The normalized spacial score (nSPS) is 12.6. The zero-order valence-electron chi connectivity index (χ0n) is 16.9. The Hall–Kier alpha value is -3.12. The molecule has 0 saturated carbocycles. The molecule has 1 atom stereocenters. The van der Waals surface area contributed by atoms with Crippen molar-refractivity contribution in [1.29, 1.82) is 0 Å². The second-order valence-electron chi connectivity index (χ2n) is 6.93. The van der Waals surface area contributed by atoms with Gasteiger partial charge in [0.1, 0.15) is 12.0 Å². The number of aliphatic imine (C=N–C) groups is 1. The van der Waals surface area contributed by atoms with Crippen LogP contribution in [-0.2, 0) is 13.0 Å². The van der Waals surface area contributed by atoms with Crippen LogP contribution in [0.4, 0.5) is 0 Å². The molecule has 2 aromatic carbocycles. The molecule has 0 aliphatic carbocycles. The van der Waals surface area contributed by atoms with Crippen molar-refractivity contribution in [3.05, 3.63) is 77.7 Å². The highest BCUT2D eigenvalue weighted by atomic mass is 16.3. The minimum absolute atomic E-state index is 0.388. The molecule has 3 aromatic rings. The molecule has 3 N–H and O–H groups in total. The summed E-state index contributed by atoms with van der Waals surface area (Å²) in [6.07, 6.45) is 1.73. The van der Waals surface area contributed by atoms with E-state index in [1.807, 2.05) is 68.4 Å². The number of nitrogens with one attached hydrogen (secondary N) is 2. The maximum Gasteiger partial charge on any atom is 0.226 e. The molecule has 29 heavy (non-hydrogen) atoms. The van der Waals surface area contributed by atoms with Gasteiger partial charge in [-0.2, -0.15) is 0 Å². The molecular formula is C23H28N4O2. The predicted molar refractivity (Wildman–Crippen MR) is 116 cm³/mol. The van der Waals surface area contributed by atoms with E-state index in [2.05, 4.69) is 20.6 Å². The average Bonchev–Trinajstić information content (AvgIpc) is 3.20. The van der Waals surface area contributed by atoms with Crippen molar-refractivity contribution in [1.82, 2.24) is 15.6 Å². The van der Waals surface area contributed by atoms with Crippen LogP contribution in [0, 0.1) is 6.92 Å². The van der Waals surface area contributed by atoms with E-state index in [9.17, 15) is 5.11 Å². The summed E-state index contributed by atoms with van der Waals surface area (Å²) in [5, 5.41) is 16.7. The first-order valence-electron chi connectivity index (χ1n) is 9.89. The lowest BCUT2D eigenvalue weighted by atomic mass is 10.1. The van der Waals surface area contributed by atoms with E-state index in [1.54, 1.807) is 6.26 Å². The number of aliphatic hydroxyl groups is 1. The minimum Gasteiger partial charge on any atom is -0.444 e. The van der Waals surface area contributed by atoms with Crippen molar-refractivity contribution in [2.45, 2.75) is 32.9 Å². The van der Waals surface area contributed by atoms with Crippen LogP contribution < -0.4 is 10.6 Å². The standard InChI is InChI=1S/C23H28N4O2/c1-3-24-23(26-15-21(28)13-18-7-5-4-6-8-18)25-14-20-16-29-22(27-20)19-11-9-17(2)10-12-19/h4-12,16,21,28H,3,13-15H2,1-2H3,(H2,24,25,26). The molecule has 152 valence electrons. The smallest absolute Gasteiger partial charge is 0.226 e. The summed E-state index contributed by atoms with van der Waals surface area (Å²) in [7, 11) is 0. The molecule has 0 bridgehead atoms. The Labute approximate surface area is 171 Å². The van der Waals surface area contributed by atoms with Crippen LogP contribution in [-0.4, -0.2) is 35.2 Å². The molecule has 3 rings (SSSR count). The Bertz CT molecular complexity index is 904. The fraction of sp³-hybridized carbons (Fsp3) is 0.304. The number of oxazole rings is 1. The van der Waals surface area contributed by atoms with Gasteiger partial charge in [0.15, 0.2) is 5.96 Å². The third kappa shape index (κ3) is 6.47. The molecule has 0 spiro atoms. The van der Waals surface area contributed by atoms with E-state index < -0.39 is 6.10 Å². The molecule has 0 amide bonds. The Kier molecular flexibility index (Phi) is 7.41. The summed E-state index contributed by atoms with van der Waals surface area (Å²) >= 11 is 0. The third-order valence-electron chi connectivity index (χ3n) is 4.41. The number of aliphatic hydroxyl groups excluding tert-OH is 1. The second-order valence-corrected chi connectivity index (χ2v) is 6.93. The molecular weight excluding hydrogens is 364 g/mol. The van der Waals surface area contributed by atoms with Gasteiger partial charge in [0.25, 0.3) is 0 Å². The Morgan fingerprint density at radius 2 is 1.86 bits per heavy atom. The molecule has 0 saturated heterocycles. The van der Waals surface area contributed by atoms with Gasteiger partial charge >= 0.3 is 0 Å². The van der Waals surface area contributed by atoms with Gasteiger partial charge in [0, 0.05) is 25.1 Å². The monoisotopic (exact) mass is 392 g/mol. The van der Waals surface area contributed by atoms with E-state index in [1.165, 1.54) is 5.56 Å². The molecule has 0 fully saturated rings. The van der Waals surface area contributed by atoms with E-state index in [-0.39, 0.29) is 0 Å². The van der Waals surface area contributed by atoms with E-state index >= 15 is 0 Å². The topological polar surface area (TPSA) is 82.7 Å². The van der Waals surface area contributed by atoms with E-state index in [0.29, 0.717) is 31.4 Å². The lowest BCUT2D eigenvalue weighted by molar-refractivity contribution is 0.177. The number of aromatic nitrogens is 1. The van der Waals surface area contributed by atoms with Crippen molar-refractivity contribution in [3.8, 4) is 11.5 Å². The second kappa shape index (κ2) is 10.4. The van der Waals surface area contributed by atoms with E-state index in [0.717, 1.165) is 23.4 Å². The minimum atomic E-state index is -0.499. The van der Waals surface area contributed by atoms with Crippen LogP contribution >= 0.6 is 0 Å². The van der Waals surface area contributed by atoms with Crippen molar-refractivity contribution < 1.29 is 9.52 Å². The van der Waals surface area contributed by atoms with Crippen LogP contribution in [0.25, 0.3) is 11.5 Å². The summed E-state index contributed by atoms with van der Waals surface area (Å²) in [4.78, 5) is 9.06. The van der Waals surface area contributed by atoms with Crippen LogP contribution in [0.2, 0.25) is 0 Å². The highest BCUT2D eigenvalue weighted by Crippen LogP contribution is 2.19. The number of rotatable bonds is 8. The fourth-order valence-corrected chi connectivity index (χ4v) is 2.88. The van der Waals surface area contributed by atoms with Crippen LogP contribution in [0.15, 0.2) is 70.3 Å². The van der Waals surface area contributed by atoms with Gasteiger partial charge in [-0.1, -0.05) is 48.0 Å². The molecule has 0 radical (unpaired) electrons. The first-order valence-corrected chi connectivity index (χ1v) is 9.89. The maximum absolute atomic E-state index is 10.3. The number of benzene rings is 2. The number of hydrogen-bond donors (Lipinski definition) is 3. The number of nitrogens with zero attached hydrogens (tertiary/aromatic N) is 2. The van der Waals surface area contributed by atoms with Crippen molar-refractivity contribution in [2.75, 3.05) is 13.1 Å². The van der Waals surface area contributed by atoms with E-state index in [4.69, 9.17) is 4.42 Å². The fourth-order valence-electron chi connectivity index (χ4n) is 2.88. The summed E-state index contributed by atoms with van der Waals surface area (Å²) in [6, 6.07) is 18.0. The summed E-state index contributed by atoms with van der Waals surface area (Å²) in [5.41, 5.74) is 4.00. The van der Waals surface area contributed by atoms with Crippen molar-refractivity contribution >= 4 is 5.96 Å². The highest BCUT2D eigenvalue weighted by Gasteiger charge is 2.09. The molecule has 1 unspecified atom stereocenters. The van der Waals surface area contributed by atoms with Crippen LogP contribution in [0.1, 0.15) is 23.7 Å². The van der Waals surface area contributed by atoms with Gasteiger partial charge in [0.2, 0.25) is 5.89 Å². The number of guanidine groups is 1. The Morgan fingerprint density at radius 3 is 2.59 bits per heavy atom. The zero-order valence-corrected chi connectivity index (χ0v) is 16.9. The Morgan fingerprint density at radius 1 is 1.10 bits per heavy atom. The summed E-state index contributed by atoms with van der Waals surface area (Å²) < 4.78 is 5.59. The van der Waals surface area contributed by atoms with Gasteiger partial charge in [-0.05, 0) is 31.5 Å². The molecule has 0 aliphatic heterocycles. The molecule has 6 heteroatoms. The number of aryl methyl sites for hydroxylation is 1. The largest absolute Gasteiger partial charge is 0.444 e. The van der Waals surface area contributed by atoms with Crippen LogP contribution in [0.3, 0.4) is 0 Å². The molecule has 6 nitrogen and oxygen atoms in total. The summed E-state index contributed by atoms with van der Waals surface area (Å²) in [6.45, 7) is 5.58. The molecule has 0 aliphatic rings. The van der Waals surface area contributed by atoms with Crippen molar-refractivity contribution in [2.24, 2.45) is 4.99 Å². The predicted octanol–water partition coefficient (Wildman–Crippen LogP) is 3.31. The average molecular weight is 393 g/mol.